The van der Waals surface area contributed by atoms with Gasteiger partial charge in [0.15, 0.2) is 4.47 Å². The number of hydrogen-bond acceptors (Lipinski definition) is 6. The lowest BCUT2D eigenvalue weighted by Crippen LogP contribution is -2.44. The van der Waals surface area contributed by atoms with Crippen molar-refractivity contribution in [2.45, 2.75) is 6.54 Å². The molecule has 0 spiro atoms. The molecule has 1 aliphatic rings. The predicted molar refractivity (Wildman–Crippen MR) is 97.2 cm³/mol. The molecule has 3 rings (SSSR count). The summed E-state index contributed by atoms with van der Waals surface area (Å²) in [6, 6.07) is 6.28. The third-order valence-corrected chi connectivity index (χ3v) is 5.13. The second-order valence-electron chi connectivity index (χ2n) is 5.61. The molecule has 124 valence electrons. The summed E-state index contributed by atoms with van der Waals surface area (Å²) in [6.07, 6.45) is 1.80. The molecule has 0 unspecified atom stereocenters. The number of ether oxygens (including phenoxy) is 1. The highest BCUT2D eigenvalue weighted by Crippen LogP contribution is 2.32. The van der Waals surface area contributed by atoms with E-state index >= 15 is 0 Å². The maximum Gasteiger partial charge on any atom is 0.183 e. The molecule has 0 aliphatic carbocycles. The molecule has 5 nitrogen and oxygen atoms in total. The van der Waals surface area contributed by atoms with Crippen LogP contribution < -0.4 is 15.0 Å². The average Bonchev–Trinajstić information content (AvgIpc) is 2.99. The van der Waals surface area contributed by atoms with Gasteiger partial charge in [0.05, 0.1) is 19.3 Å². The fraction of sp³-hybridized carbons (Fsp3) is 0.438. The van der Waals surface area contributed by atoms with E-state index < -0.39 is 0 Å². The number of nitrogens with zero attached hydrogens (tertiary/aromatic N) is 3. The smallest absolute Gasteiger partial charge is 0.183 e. The topological polar surface area (TPSA) is 40.6 Å². The zero-order valence-electron chi connectivity index (χ0n) is 13.4. The van der Waals surface area contributed by atoms with E-state index in [0.717, 1.165) is 48.2 Å². The molecule has 0 bridgehead atoms. The van der Waals surface area contributed by atoms with Crippen LogP contribution in [0.5, 0.6) is 5.75 Å². The van der Waals surface area contributed by atoms with E-state index in [9.17, 15) is 0 Å². The minimum absolute atomic E-state index is 0.574. The van der Waals surface area contributed by atoms with Crippen LogP contribution in [0.25, 0.3) is 0 Å². The summed E-state index contributed by atoms with van der Waals surface area (Å²) < 4.78 is 6.17. The summed E-state index contributed by atoms with van der Waals surface area (Å²) >= 11 is 7.35. The first-order valence-corrected chi connectivity index (χ1v) is 8.81. The molecule has 0 amide bonds. The Labute approximate surface area is 145 Å². The molecule has 0 saturated carbocycles. The molecule has 1 N–H and O–H groups in total. The Balaban J connectivity index is 1.69. The van der Waals surface area contributed by atoms with Gasteiger partial charge in [0, 0.05) is 49.0 Å². The first-order valence-electron chi connectivity index (χ1n) is 7.61. The van der Waals surface area contributed by atoms with Crippen molar-refractivity contribution in [2.75, 3.05) is 50.6 Å². The number of aromatic nitrogens is 1. The van der Waals surface area contributed by atoms with Crippen LogP contribution in [-0.4, -0.2) is 50.2 Å². The van der Waals surface area contributed by atoms with E-state index in [4.69, 9.17) is 16.3 Å². The number of likely N-dealkylation sites (N-methyl/N-ethyl adjacent to an activating group) is 1. The van der Waals surface area contributed by atoms with Gasteiger partial charge in [0.25, 0.3) is 0 Å². The van der Waals surface area contributed by atoms with E-state index in [-0.39, 0.29) is 0 Å². The summed E-state index contributed by atoms with van der Waals surface area (Å²) in [5, 5.41) is 3.39. The highest BCUT2D eigenvalue weighted by molar-refractivity contribution is 7.15. The molecule has 0 radical (unpaired) electrons. The van der Waals surface area contributed by atoms with E-state index in [0.29, 0.717) is 11.0 Å². The number of thiazole rings is 1. The Hall–Kier alpha value is -1.50. The Morgan fingerprint density at radius 3 is 2.74 bits per heavy atom. The fourth-order valence-electron chi connectivity index (χ4n) is 2.65. The highest BCUT2D eigenvalue weighted by atomic mass is 35.5. The van der Waals surface area contributed by atoms with Gasteiger partial charge in [0.1, 0.15) is 5.75 Å². The molecule has 1 aromatic carbocycles. The lowest BCUT2D eigenvalue weighted by Gasteiger charge is -2.34. The number of nitrogens with one attached hydrogen (secondary N) is 1. The van der Waals surface area contributed by atoms with Crippen molar-refractivity contribution in [1.82, 2.24) is 9.88 Å². The van der Waals surface area contributed by atoms with Gasteiger partial charge in [-0.25, -0.2) is 4.98 Å². The van der Waals surface area contributed by atoms with Gasteiger partial charge in [-0.15, -0.1) is 11.3 Å². The van der Waals surface area contributed by atoms with Gasteiger partial charge in [-0.05, 0) is 19.2 Å². The van der Waals surface area contributed by atoms with E-state index in [2.05, 4.69) is 45.3 Å². The highest BCUT2D eigenvalue weighted by Gasteiger charge is 2.17. The lowest BCUT2D eigenvalue weighted by atomic mass is 10.2. The van der Waals surface area contributed by atoms with E-state index in [1.807, 2.05) is 0 Å². The number of hydrogen-bond donors (Lipinski definition) is 1. The quantitative estimate of drug-likeness (QED) is 0.895. The van der Waals surface area contributed by atoms with Crippen molar-refractivity contribution in [3.63, 3.8) is 0 Å². The minimum atomic E-state index is 0.574. The predicted octanol–water partition coefficient (Wildman–Crippen LogP) is 3.17. The van der Waals surface area contributed by atoms with Gasteiger partial charge in [0.2, 0.25) is 0 Å². The maximum atomic E-state index is 5.86. The molecule has 1 fully saturated rings. The Kier molecular flexibility index (Phi) is 5.25. The summed E-state index contributed by atoms with van der Waals surface area (Å²) in [5.74, 6) is 0.905. The number of halogens is 1. The molecule has 2 aromatic rings. The first kappa shape index (κ1) is 16.4. The van der Waals surface area contributed by atoms with Gasteiger partial charge < -0.3 is 19.9 Å². The fourth-order valence-corrected chi connectivity index (χ4v) is 3.57. The summed E-state index contributed by atoms with van der Waals surface area (Å²) in [7, 11) is 3.88. The molecule has 2 heterocycles. The third kappa shape index (κ3) is 4.07. The van der Waals surface area contributed by atoms with E-state index in [1.54, 1.807) is 13.3 Å². The molecular formula is C16H21ClN4OS. The Bertz CT molecular complexity index is 655. The van der Waals surface area contributed by atoms with Gasteiger partial charge >= 0.3 is 0 Å². The van der Waals surface area contributed by atoms with Crippen molar-refractivity contribution in [3.05, 3.63) is 33.7 Å². The molecule has 23 heavy (non-hydrogen) atoms. The van der Waals surface area contributed by atoms with Crippen molar-refractivity contribution in [1.29, 1.82) is 0 Å². The van der Waals surface area contributed by atoms with Crippen LogP contribution in [-0.2, 0) is 6.54 Å². The number of anilines is 2. The standard InChI is InChI=1S/C16H21ClN4OS/c1-20-5-7-21(8-6-20)14-4-3-12(9-15(14)22-2)18-10-13-11-19-16(17)23-13/h3-4,9,11,18H,5-8,10H2,1-2H3. The lowest BCUT2D eigenvalue weighted by molar-refractivity contribution is 0.311. The molecule has 1 saturated heterocycles. The van der Waals surface area contributed by atoms with Crippen molar-refractivity contribution >= 4 is 34.3 Å². The summed E-state index contributed by atoms with van der Waals surface area (Å²) in [5.41, 5.74) is 2.19. The first-order chi connectivity index (χ1) is 11.2. The van der Waals surface area contributed by atoms with Gasteiger partial charge in [-0.1, -0.05) is 11.6 Å². The number of rotatable bonds is 5. The van der Waals surface area contributed by atoms with E-state index in [1.165, 1.54) is 11.3 Å². The monoisotopic (exact) mass is 352 g/mol. The average molecular weight is 353 g/mol. The van der Waals surface area contributed by atoms with Gasteiger partial charge in [-0.2, -0.15) is 0 Å². The van der Waals surface area contributed by atoms with Crippen LogP contribution in [0.3, 0.4) is 0 Å². The number of piperazine rings is 1. The number of methoxy groups -OCH3 is 1. The molecular weight excluding hydrogens is 332 g/mol. The Morgan fingerprint density at radius 2 is 2.09 bits per heavy atom. The van der Waals surface area contributed by atoms with Crippen LogP contribution in [0.1, 0.15) is 4.88 Å². The minimum Gasteiger partial charge on any atom is -0.495 e. The van der Waals surface area contributed by atoms with Crippen LogP contribution in [0.2, 0.25) is 4.47 Å². The van der Waals surface area contributed by atoms with Crippen LogP contribution in [0, 0.1) is 0 Å². The summed E-state index contributed by atoms with van der Waals surface area (Å²) in [6.45, 7) is 4.92. The SMILES string of the molecule is COc1cc(NCc2cnc(Cl)s2)ccc1N1CCN(C)CC1. The summed E-state index contributed by atoms with van der Waals surface area (Å²) in [4.78, 5) is 9.89. The molecule has 1 aromatic heterocycles. The van der Waals surface area contributed by atoms with Crippen molar-refractivity contribution in [2.24, 2.45) is 0 Å². The normalized spacial score (nSPS) is 15.7. The molecule has 7 heteroatoms. The maximum absolute atomic E-state index is 5.86. The zero-order chi connectivity index (χ0) is 16.2. The third-order valence-electron chi connectivity index (χ3n) is 4.02. The van der Waals surface area contributed by atoms with Crippen LogP contribution >= 0.6 is 22.9 Å². The number of benzene rings is 1. The van der Waals surface area contributed by atoms with Gasteiger partial charge in [-0.3, -0.25) is 0 Å². The van der Waals surface area contributed by atoms with Crippen LogP contribution in [0.4, 0.5) is 11.4 Å². The van der Waals surface area contributed by atoms with Crippen molar-refractivity contribution in [3.8, 4) is 5.75 Å². The Morgan fingerprint density at radius 1 is 1.30 bits per heavy atom. The van der Waals surface area contributed by atoms with Crippen molar-refractivity contribution < 1.29 is 4.74 Å². The van der Waals surface area contributed by atoms with Crippen LogP contribution in [0.15, 0.2) is 24.4 Å². The second kappa shape index (κ2) is 7.38. The second-order valence-corrected chi connectivity index (χ2v) is 7.31. The molecule has 0 atom stereocenters. The zero-order valence-corrected chi connectivity index (χ0v) is 15.0. The molecule has 1 aliphatic heterocycles. The largest absolute Gasteiger partial charge is 0.495 e.